The van der Waals surface area contributed by atoms with Gasteiger partial charge in [-0.05, 0) is 58.2 Å². The van der Waals surface area contributed by atoms with E-state index in [0.717, 1.165) is 17.5 Å². The van der Waals surface area contributed by atoms with E-state index in [1.54, 1.807) is 0 Å². The molecular formula is C27H32CuO3. The van der Waals surface area contributed by atoms with Gasteiger partial charge in [-0.25, -0.2) is 0 Å². The predicted molar refractivity (Wildman–Crippen MR) is 122 cm³/mol. The summed E-state index contributed by atoms with van der Waals surface area (Å²) < 4.78 is 12.2. The Morgan fingerprint density at radius 1 is 0.677 bits per heavy atom. The van der Waals surface area contributed by atoms with Crippen molar-refractivity contribution in [1.82, 2.24) is 0 Å². The monoisotopic (exact) mass is 467 g/mol. The Labute approximate surface area is 196 Å². The van der Waals surface area contributed by atoms with Crippen LogP contribution in [0.4, 0.5) is 0 Å². The number of hydrogen-bond acceptors (Lipinski definition) is 3. The maximum Gasteiger partial charge on any atom is 0.126 e. The fraction of sp³-hybridized carbons (Fsp3) is 0.333. The Morgan fingerprint density at radius 2 is 1.10 bits per heavy atom. The number of ether oxygens (including phenoxy) is 2. The van der Waals surface area contributed by atoms with E-state index in [9.17, 15) is 5.11 Å². The summed E-state index contributed by atoms with van der Waals surface area (Å²) in [5.41, 5.74) is 1.44. The molecule has 3 rings (SSSR count). The third kappa shape index (κ3) is 6.36. The summed E-state index contributed by atoms with van der Waals surface area (Å²) in [5.74, 6) is 1.39. The second-order valence-corrected chi connectivity index (χ2v) is 8.17. The second-order valence-electron chi connectivity index (χ2n) is 8.17. The van der Waals surface area contributed by atoms with Crippen LogP contribution in [0.15, 0.2) is 78.9 Å². The number of aliphatic hydroxyl groups is 1. The molecule has 0 aliphatic rings. The Bertz CT molecular complexity index is 884. The third-order valence-electron chi connectivity index (χ3n) is 5.01. The predicted octanol–water partition coefficient (Wildman–Crippen LogP) is 6.13. The van der Waals surface area contributed by atoms with Crippen LogP contribution in [0.5, 0.6) is 11.5 Å². The molecule has 0 saturated heterocycles. The average Bonchev–Trinajstić information content (AvgIpc) is 2.73. The van der Waals surface area contributed by atoms with E-state index in [4.69, 9.17) is 9.47 Å². The molecule has 1 radical (unpaired) electrons. The normalized spacial score (nSPS) is 11.3. The maximum absolute atomic E-state index is 12.2. The van der Waals surface area contributed by atoms with Crippen LogP contribution in [-0.4, -0.2) is 17.3 Å². The van der Waals surface area contributed by atoms with Crippen LogP contribution in [0.3, 0.4) is 0 Å². The molecule has 0 aliphatic heterocycles. The molecule has 3 nitrogen and oxygen atoms in total. The van der Waals surface area contributed by atoms with Crippen LogP contribution in [0.1, 0.15) is 50.8 Å². The topological polar surface area (TPSA) is 38.7 Å². The van der Waals surface area contributed by atoms with Gasteiger partial charge in [-0.1, -0.05) is 66.7 Å². The zero-order valence-electron chi connectivity index (χ0n) is 18.6. The molecule has 0 aromatic heterocycles. The zero-order valence-corrected chi connectivity index (χ0v) is 19.6. The minimum atomic E-state index is -1.26. The number of para-hydroxylation sites is 2. The van der Waals surface area contributed by atoms with Crippen molar-refractivity contribution in [3.05, 3.63) is 95.6 Å². The van der Waals surface area contributed by atoms with Gasteiger partial charge in [0, 0.05) is 28.2 Å². The minimum Gasteiger partial charge on any atom is -0.491 e. The summed E-state index contributed by atoms with van der Waals surface area (Å²) >= 11 is 0. The summed E-state index contributed by atoms with van der Waals surface area (Å²) in [5, 5.41) is 12.2. The summed E-state index contributed by atoms with van der Waals surface area (Å²) in [6, 6.07) is 25.8. The molecule has 3 aromatic carbocycles. The standard InChI is InChI=1S/C27H32O3.Cu/c1-20(2)29-25-16-10-8-14-23(25)27(28,19-18-22-12-6-5-7-13-22)24-15-9-11-17-26(24)30-21(3)4;/h5-17,20-21,28H,18-19H2,1-4H3;. The summed E-state index contributed by atoms with van der Waals surface area (Å²) in [6.07, 6.45) is 1.25. The van der Waals surface area contributed by atoms with Gasteiger partial charge in [-0.3, -0.25) is 0 Å². The molecule has 0 saturated carbocycles. The molecule has 0 atom stereocenters. The number of rotatable bonds is 9. The molecule has 0 bridgehead atoms. The average molecular weight is 468 g/mol. The molecule has 0 amide bonds. The van der Waals surface area contributed by atoms with Gasteiger partial charge in [0.2, 0.25) is 0 Å². The third-order valence-corrected chi connectivity index (χ3v) is 5.01. The first-order valence-corrected chi connectivity index (χ1v) is 10.7. The van der Waals surface area contributed by atoms with Gasteiger partial charge in [0.25, 0.3) is 0 Å². The van der Waals surface area contributed by atoms with Crippen LogP contribution in [0.2, 0.25) is 0 Å². The molecule has 3 aromatic rings. The van der Waals surface area contributed by atoms with E-state index in [0.29, 0.717) is 17.9 Å². The van der Waals surface area contributed by atoms with Crippen LogP contribution in [0.25, 0.3) is 0 Å². The Morgan fingerprint density at radius 3 is 1.55 bits per heavy atom. The summed E-state index contributed by atoms with van der Waals surface area (Å²) in [7, 11) is 0. The van der Waals surface area contributed by atoms with Crippen molar-refractivity contribution in [3.63, 3.8) is 0 Å². The number of aryl methyl sites for hydroxylation is 1. The first-order valence-electron chi connectivity index (χ1n) is 10.7. The van der Waals surface area contributed by atoms with Crippen molar-refractivity contribution < 1.29 is 31.6 Å². The fourth-order valence-electron chi connectivity index (χ4n) is 3.71. The van der Waals surface area contributed by atoms with Gasteiger partial charge in [0.05, 0.1) is 12.2 Å². The Hall–Kier alpha value is -2.26. The fourth-order valence-corrected chi connectivity index (χ4v) is 3.71. The molecule has 1 N–H and O–H groups in total. The van der Waals surface area contributed by atoms with Gasteiger partial charge in [0.1, 0.15) is 17.1 Å². The molecule has 0 unspecified atom stereocenters. The van der Waals surface area contributed by atoms with Crippen LogP contribution < -0.4 is 9.47 Å². The van der Waals surface area contributed by atoms with E-state index in [1.165, 1.54) is 5.56 Å². The molecule has 0 aliphatic carbocycles. The summed E-state index contributed by atoms with van der Waals surface area (Å²) in [6.45, 7) is 7.98. The quantitative estimate of drug-likeness (QED) is 0.385. The second kappa shape index (κ2) is 11.4. The van der Waals surface area contributed by atoms with Crippen molar-refractivity contribution in [1.29, 1.82) is 0 Å². The summed E-state index contributed by atoms with van der Waals surface area (Å²) in [4.78, 5) is 0. The van der Waals surface area contributed by atoms with E-state index in [-0.39, 0.29) is 29.3 Å². The molecule has 4 heteroatoms. The van der Waals surface area contributed by atoms with E-state index < -0.39 is 5.60 Å². The number of benzene rings is 3. The Kier molecular flexibility index (Phi) is 9.18. The van der Waals surface area contributed by atoms with Crippen molar-refractivity contribution in [3.8, 4) is 11.5 Å². The molecule has 0 heterocycles. The van der Waals surface area contributed by atoms with Gasteiger partial charge < -0.3 is 14.6 Å². The largest absolute Gasteiger partial charge is 0.491 e. The van der Waals surface area contributed by atoms with Crippen LogP contribution in [0, 0.1) is 0 Å². The van der Waals surface area contributed by atoms with E-state index >= 15 is 0 Å². The molecule has 169 valence electrons. The van der Waals surface area contributed by atoms with E-state index in [2.05, 4.69) is 12.1 Å². The van der Waals surface area contributed by atoms with Crippen molar-refractivity contribution in [2.75, 3.05) is 0 Å². The van der Waals surface area contributed by atoms with Gasteiger partial charge >= 0.3 is 0 Å². The maximum atomic E-state index is 12.2. The molecule has 31 heavy (non-hydrogen) atoms. The van der Waals surface area contributed by atoms with Crippen molar-refractivity contribution in [2.24, 2.45) is 0 Å². The minimum absolute atomic E-state index is 0. The molecule has 0 spiro atoms. The van der Waals surface area contributed by atoms with Crippen molar-refractivity contribution in [2.45, 2.75) is 58.3 Å². The first-order chi connectivity index (χ1) is 14.4. The smallest absolute Gasteiger partial charge is 0.126 e. The van der Waals surface area contributed by atoms with Crippen LogP contribution >= 0.6 is 0 Å². The molecular weight excluding hydrogens is 436 g/mol. The van der Waals surface area contributed by atoms with Crippen molar-refractivity contribution >= 4 is 0 Å². The van der Waals surface area contributed by atoms with Gasteiger partial charge in [0.15, 0.2) is 0 Å². The van der Waals surface area contributed by atoms with Gasteiger partial charge in [-0.15, -0.1) is 0 Å². The van der Waals surface area contributed by atoms with Gasteiger partial charge in [-0.2, -0.15) is 0 Å². The molecule has 0 fully saturated rings. The first kappa shape index (κ1) is 25.0. The van der Waals surface area contributed by atoms with E-state index in [1.807, 2.05) is 94.4 Å². The van der Waals surface area contributed by atoms with Crippen LogP contribution in [-0.2, 0) is 29.1 Å². The Balaban J connectivity index is 0.00000341. The zero-order chi connectivity index (χ0) is 21.6. The number of hydrogen-bond donors (Lipinski definition) is 1. The SMILES string of the molecule is CC(C)Oc1ccccc1C(O)(CCc1ccccc1)c1ccccc1OC(C)C.[Cu].